The second-order valence-electron chi connectivity index (χ2n) is 4.87. The predicted molar refractivity (Wildman–Crippen MR) is 74.8 cm³/mol. The van der Waals surface area contributed by atoms with Crippen molar-refractivity contribution in [2.24, 2.45) is 5.92 Å². The summed E-state index contributed by atoms with van der Waals surface area (Å²) >= 11 is 0. The molecule has 0 amide bonds. The van der Waals surface area contributed by atoms with Crippen LogP contribution >= 0.6 is 0 Å². The Hall–Kier alpha value is -1.08. The second-order valence-corrected chi connectivity index (χ2v) is 4.87. The predicted octanol–water partition coefficient (Wildman–Crippen LogP) is 4.28. The lowest BCUT2D eigenvalue weighted by atomic mass is 9.92. The maximum atomic E-state index is 10.2. The topological polar surface area (TPSA) is 20.2 Å². The molecule has 1 unspecified atom stereocenters. The van der Waals surface area contributed by atoms with Gasteiger partial charge in [-0.25, -0.2) is 0 Å². The monoisotopic (exact) mass is 232 g/mol. The molecule has 0 fully saturated rings. The molecule has 0 spiro atoms. The Kier molecular flexibility index (Phi) is 5.99. The van der Waals surface area contributed by atoms with Crippen molar-refractivity contribution in [1.29, 1.82) is 0 Å². The van der Waals surface area contributed by atoms with Crippen molar-refractivity contribution in [3.63, 3.8) is 0 Å². The summed E-state index contributed by atoms with van der Waals surface area (Å²) in [5, 5.41) is 10.2. The smallest absolute Gasteiger partial charge is 0.0755 e. The van der Waals surface area contributed by atoms with Crippen molar-refractivity contribution in [2.75, 3.05) is 0 Å². The Morgan fingerprint density at radius 1 is 1.24 bits per heavy atom. The number of rotatable bonds is 6. The molecule has 17 heavy (non-hydrogen) atoms. The van der Waals surface area contributed by atoms with Gasteiger partial charge in [0.25, 0.3) is 0 Å². The number of aliphatic hydroxyl groups excluding tert-OH is 1. The molecule has 1 aromatic rings. The standard InChI is InChI=1S/C16H24O/c1-4-5-11-16(17)15(13(2)3)12-14-9-7-6-8-10-14/h6-10,12-13,16-17H,4-5,11H2,1-3H3/b15-12+. The quantitative estimate of drug-likeness (QED) is 0.776. The molecule has 0 saturated carbocycles. The third-order valence-corrected chi connectivity index (χ3v) is 3.02. The fourth-order valence-electron chi connectivity index (χ4n) is 1.95. The van der Waals surface area contributed by atoms with Crippen LogP contribution in [0.1, 0.15) is 45.6 Å². The van der Waals surface area contributed by atoms with Gasteiger partial charge in [0.2, 0.25) is 0 Å². The van der Waals surface area contributed by atoms with E-state index in [0.29, 0.717) is 5.92 Å². The van der Waals surface area contributed by atoms with Gasteiger partial charge >= 0.3 is 0 Å². The second kappa shape index (κ2) is 7.29. The van der Waals surface area contributed by atoms with Gasteiger partial charge in [-0.3, -0.25) is 0 Å². The summed E-state index contributed by atoms with van der Waals surface area (Å²) in [6, 6.07) is 10.2. The van der Waals surface area contributed by atoms with E-state index in [1.54, 1.807) is 0 Å². The minimum Gasteiger partial charge on any atom is -0.389 e. The average molecular weight is 232 g/mol. The van der Waals surface area contributed by atoms with Crippen molar-refractivity contribution in [3.8, 4) is 0 Å². The van der Waals surface area contributed by atoms with Crippen LogP contribution in [0.3, 0.4) is 0 Å². The van der Waals surface area contributed by atoms with Crippen molar-refractivity contribution in [1.82, 2.24) is 0 Å². The van der Waals surface area contributed by atoms with Crippen LogP contribution in [-0.4, -0.2) is 11.2 Å². The number of hydrogen-bond donors (Lipinski definition) is 1. The third kappa shape index (κ3) is 4.74. The first kappa shape index (κ1) is 14.0. The Balaban J connectivity index is 2.82. The molecule has 1 nitrogen and oxygen atoms in total. The Bertz CT molecular complexity index is 338. The van der Waals surface area contributed by atoms with Crippen LogP contribution < -0.4 is 0 Å². The zero-order valence-electron chi connectivity index (χ0n) is 11.2. The lowest BCUT2D eigenvalue weighted by Gasteiger charge is -2.18. The number of hydrogen-bond acceptors (Lipinski definition) is 1. The van der Waals surface area contributed by atoms with Crippen LogP contribution in [0.2, 0.25) is 0 Å². The molecule has 0 radical (unpaired) electrons. The summed E-state index contributed by atoms with van der Waals surface area (Å²) < 4.78 is 0. The van der Waals surface area contributed by atoms with E-state index in [0.717, 1.165) is 24.8 Å². The number of benzene rings is 1. The normalized spacial score (nSPS) is 14.1. The molecular weight excluding hydrogens is 208 g/mol. The van der Waals surface area contributed by atoms with Crippen LogP contribution in [0, 0.1) is 5.92 Å². The fraction of sp³-hybridized carbons (Fsp3) is 0.500. The molecule has 1 aromatic carbocycles. The van der Waals surface area contributed by atoms with Gasteiger partial charge in [-0.1, -0.05) is 70.0 Å². The number of unbranched alkanes of at least 4 members (excludes halogenated alkanes) is 1. The first-order valence-corrected chi connectivity index (χ1v) is 6.59. The third-order valence-electron chi connectivity index (χ3n) is 3.02. The average Bonchev–Trinajstić information content (AvgIpc) is 2.34. The molecule has 94 valence electrons. The highest BCUT2D eigenvalue weighted by atomic mass is 16.3. The summed E-state index contributed by atoms with van der Waals surface area (Å²) in [4.78, 5) is 0. The molecule has 1 N–H and O–H groups in total. The van der Waals surface area contributed by atoms with Gasteiger partial charge in [0, 0.05) is 0 Å². The lowest BCUT2D eigenvalue weighted by molar-refractivity contribution is 0.188. The summed E-state index contributed by atoms with van der Waals surface area (Å²) in [5.74, 6) is 0.391. The summed E-state index contributed by atoms with van der Waals surface area (Å²) in [6.45, 7) is 6.44. The zero-order chi connectivity index (χ0) is 12.7. The SMILES string of the molecule is CCCCC(O)/C(=C/c1ccccc1)C(C)C. The Morgan fingerprint density at radius 3 is 2.41 bits per heavy atom. The fourth-order valence-corrected chi connectivity index (χ4v) is 1.95. The van der Waals surface area contributed by atoms with E-state index in [-0.39, 0.29) is 6.10 Å². The molecule has 0 aliphatic heterocycles. The van der Waals surface area contributed by atoms with Crippen molar-refractivity contribution in [2.45, 2.75) is 46.1 Å². The first-order valence-electron chi connectivity index (χ1n) is 6.59. The van der Waals surface area contributed by atoms with Crippen LogP contribution in [0.5, 0.6) is 0 Å². The van der Waals surface area contributed by atoms with E-state index >= 15 is 0 Å². The Labute approximate surface area is 105 Å². The van der Waals surface area contributed by atoms with Crippen molar-refractivity contribution < 1.29 is 5.11 Å². The highest BCUT2D eigenvalue weighted by Crippen LogP contribution is 2.21. The van der Waals surface area contributed by atoms with E-state index in [4.69, 9.17) is 0 Å². The van der Waals surface area contributed by atoms with Crippen LogP contribution in [0.25, 0.3) is 6.08 Å². The van der Waals surface area contributed by atoms with Gasteiger partial charge in [0.15, 0.2) is 0 Å². The zero-order valence-corrected chi connectivity index (χ0v) is 11.2. The summed E-state index contributed by atoms with van der Waals surface area (Å²) in [6.07, 6.45) is 4.92. The van der Waals surface area contributed by atoms with Gasteiger partial charge in [0.1, 0.15) is 0 Å². The lowest BCUT2D eigenvalue weighted by Crippen LogP contribution is -2.14. The van der Waals surface area contributed by atoms with E-state index in [9.17, 15) is 5.11 Å². The molecule has 0 aromatic heterocycles. The molecule has 0 saturated heterocycles. The summed E-state index contributed by atoms with van der Waals surface area (Å²) in [7, 11) is 0. The highest BCUT2D eigenvalue weighted by molar-refractivity contribution is 5.54. The molecule has 0 heterocycles. The van der Waals surface area contributed by atoms with Crippen LogP contribution in [0.15, 0.2) is 35.9 Å². The molecule has 1 atom stereocenters. The van der Waals surface area contributed by atoms with Gasteiger partial charge in [-0.2, -0.15) is 0 Å². The molecule has 0 bridgehead atoms. The highest BCUT2D eigenvalue weighted by Gasteiger charge is 2.13. The van der Waals surface area contributed by atoms with E-state index in [1.807, 2.05) is 18.2 Å². The van der Waals surface area contributed by atoms with Gasteiger partial charge < -0.3 is 5.11 Å². The number of aliphatic hydroxyl groups is 1. The maximum Gasteiger partial charge on any atom is 0.0755 e. The van der Waals surface area contributed by atoms with E-state index in [1.165, 1.54) is 5.56 Å². The van der Waals surface area contributed by atoms with Gasteiger partial charge in [0.05, 0.1) is 6.10 Å². The molecule has 0 aliphatic rings. The summed E-state index contributed by atoms with van der Waals surface area (Å²) in [5.41, 5.74) is 2.32. The van der Waals surface area contributed by atoms with Gasteiger partial charge in [-0.05, 0) is 23.5 Å². The first-order chi connectivity index (χ1) is 8.15. The van der Waals surface area contributed by atoms with E-state index < -0.39 is 0 Å². The molecular formula is C16H24O. The largest absolute Gasteiger partial charge is 0.389 e. The maximum absolute atomic E-state index is 10.2. The van der Waals surface area contributed by atoms with E-state index in [2.05, 4.69) is 39.0 Å². The van der Waals surface area contributed by atoms with Crippen molar-refractivity contribution in [3.05, 3.63) is 41.5 Å². The Morgan fingerprint density at radius 2 is 1.88 bits per heavy atom. The van der Waals surface area contributed by atoms with Crippen molar-refractivity contribution >= 4 is 6.08 Å². The minimum absolute atomic E-state index is 0.296. The minimum atomic E-state index is -0.296. The van der Waals surface area contributed by atoms with Gasteiger partial charge in [-0.15, -0.1) is 0 Å². The van der Waals surface area contributed by atoms with Crippen LogP contribution in [0.4, 0.5) is 0 Å². The molecule has 1 heteroatoms. The molecule has 0 aliphatic carbocycles. The van der Waals surface area contributed by atoms with Crippen LogP contribution in [-0.2, 0) is 0 Å². The molecule has 1 rings (SSSR count).